The number of carbonyl (C=O) groups is 2. The van der Waals surface area contributed by atoms with E-state index in [0.29, 0.717) is 0 Å². The van der Waals surface area contributed by atoms with Gasteiger partial charge in [0.1, 0.15) is 12.3 Å². The Kier molecular flexibility index (Phi) is 7.60. The Morgan fingerprint density at radius 1 is 1.12 bits per heavy atom. The number of aromatic nitrogens is 4. The fourth-order valence-corrected chi connectivity index (χ4v) is 4.34. The van der Waals surface area contributed by atoms with Gasteiger partial charge in [-0.2, -0.15) is 10.1 Å². The summed E-state index contributed by atoms with van der Waals surface area (Å²) in [7, 11) is -3.66. The molecule has 0 saturated carbocycles. The first-order valence-corrected chi connectivity index (χ1v) is 12.3. The van der Waals surface area contributed by atoms with Crippen molar-refractivity contribution in [3.05, 3.63) is 57.0 Å². The lowest BCUT2D eigenvalue weighted by Crippen LogP contribution is -2.36. The normalized spacial score (nSPS) is 11.3. The summed E-state index contributed by atoms with van der Waals surface area (Å²) >= 11 is 2.18. The average Bonchev–Trinajstić information content (AvgIpc) is 3.32. The van der Waals surface area contributed by atoms with Crippen LogP contribution in [0.4, 0.5) is 0 Å². The first-order chi connectivity index (χ1) is 15.2. The highest BCUT2D eigenvalue weighted by Gasteiger charge is 2.21. The van der Waals surface area contributed by atoms with Crippen molar-refractivity contribution in [3.8, 4) is 0 Å². The Bertz CT molecular complexity index is 1220. The molecule has 3 rings (SSSR count). The molecular formula is C19H21IN6O5S. The number of nitrogens with zero attached hydrogens (tertiary/aromatic N) is 4. The number of hydrogen-bond donors (Lipinski definition) is 2. The van der Waals surface area contributed by atoms with E-state index in [9.17, 15) is 18.0 Å². The molecule has 0 aliphatic carbocycles. The number of aryl methyl sites for hydroxylation is 1. The van der Waals surface area contributed by atoms with Crippen LogP contribution in [0.1, 0.15) is 27.9 Å². The Balaban J connectivity index is 1.45. The molecule has 0 spiro atoms. The van der Waals surface area contributed by atoms with E-state index in [2.05, 4.69) is 48.5 Å². The van der Waals surface area contributed by atoms with E-state index in [1.165, 1.54) is 12.1 Å². The summed E-state index contributed by atoms with van der Waals surface area (Å²) in [4.78, 5) is 28.2. The van der Waals surface area contributed by atoms with Gasteiger partial charge in [0.2, 0.25) is 5.91 Å². The fraction of sp³-hybridized carbons (Fsp3) is 0.316. The fourth-order valence-electron chi connectivity index (χ4n) is 2.76. The summed E-state index contributed by atoms with van der Waals surface area (Å²) < 4.78 is 32.2. The third-order valence-corrected chi connectivity index (χ3v) is 7.59. The summed E-state index contributed by atoms with van der Waals surface area (Å²) in [5.74, 6) is -1.87. The van der Waals surface area contributed by atoms with Gasteiger partial charge < -0.3 is 15.2 Å². The summed E-state index contributed by atoms with van der Waals surface area (Å²) in [6.45, 7) is 4.15. The Labute approximate surface area is 198 Å². The van der Waals surface area contributed by atoms with E-state index in [0.717, 1.165) is 15.0 Å². The molecule has 0 unspecified atom stereocenters. The highest BCUT2D eigenvalue weighted by atomic mass is 127. The van der Waals surface area contributed by atoms with E-state index >= 15 is 0 Å². The summed E-state index contributed by atoms with van der Waals surface area (Å²) in [5, 5.41) is 13.1. The zero-order valence-electron chi connectivity index (χ0n) is 17.3. The van der Waals surface area contributed by atoms with E-state index in [-0.39, 0.29) is 42.2 Å². The van der Waals surface area contributed by atoms with Gasteiger partial charge in [0.15, 0.2) is 15.7 Å². The van der Waals surface area contributed by atoms with Crippen LogP contribution in [0.15, 0.2) is 39.8 Å². The Hall–Kier alpha value is -2.81. The van der Waals surface area contributed by atoms with Crippen LogP contribution >= 0.6 is 22.6 Å². The molecule has 3 aromatic rings. The maximum absolute atomic E-state index is 12.4. The molecule has 0 atom stereocenters. The molecule has 2 N–H and O–H groups in total. The SMILES string of the molecule is Cc1nn(CC(=O)NCCNC(=O)c2nc(CS(=O)(=O)c3ccccc3)no2)c(C)c1I. The molecule has 32 heavy (non-hydrogen) atoms. The molecule has 2 aromatic heterocycles. The maximum atomic E-state index is 12.4. The second kappa shape index (κ2) is 10.2. The monoisotopic (exact) mass is 572 g/mol. The molecule has 0 bridgehead atoms. The molecule has 170 valence electrons. The molecule has 0 fully saturated rings. The van der Waals surface area contributed by atoms with Gasteiger partial charge in [-0.3, -0.25) is 14.3 Å². The molecular weight excluding hydrogens is 551 g/mol. The lowest BCUT2D eigenvalue weighted by molar-refractivity contribution is -0.121. The van der Waals surface area contributed by atoms with E-state index in [4.69, 9.17) is 4.52 Å². The average molecular weight is 572 g/mol. The smallest absolute Gasteiger partial charge is 0.315 e. The topological polar surface area (TPSA) is 149 Å². The summed E-state index contributed by atoms with van der Waals surface area (Å²) in [6.07, 6.45) is 0. The molecule has 2 amide bonds. The van der Waals surface area contributed by atoms with Crippen LogP contribution in [-0.2, 0) is 26.9 Å². The highest BCUT2D eigenvalue weighted by Crippen LogP contribution is 2.15. The number of halogens is 1. The molecule has 0 radical (unpaired) electrons. The van der Waals surface area contributed by atoms with Gasteiger partial charge in [-0.15, -0.1) is 0 Å². The molecule has 0 aliphatic heterocycles. The van der Waals surface area contributed by atoms with Crippen LogP contribution in [0.25, 0.3) is 0 Å². The van der Waals surface area contributed by atoms with Gasteiger partial charge in [0.25, 0.3) is 0 Å². The highest BCUT2D eigenvalue weighted by molar-refractivity contribution is 14.1. The van der Waals surface area contributed by atoms with Crippen LogP contribution in [0, 0.1) is 17.4 Å². The predicted molar refractivity (Wildman–Crippen MR) is 121 cm³/mol. The van der Waals surface area contributed by atoms with Crippen molar-refractivity contribution in [2.45, 2.75) is 31.0 Å². The van der Waals surface area contributed by atoms with Crippen molar-refractivity contribution in [1.82, 2.24) is 30.6 Å². The second-order valence-electron chi connectivity index (χ2n) is 6.84. The zero-order valence-corrected chi connectivity index (χ0v) is 20.3. The molecule has 11 nitrogen and oxygen atoms in total. The number of benzene rings is 1. The quantitative estimate of drug-likeness (QED) is 0.285. The zero-order chi connectivity index (χ0) is 23.3. The van der Waals surface area contributed by atoms with Crippen LogP contribution in [-0.4, -0.2) is 53.2 Å². The minimum absolute atomic E-state index is 0.0759. The number of nitrogens with one attached hydrogen (secondary N) is 2. The number of rotatable bonds is 9. The van der Waals surface area contributed by atoms with E-state index < -0.39 is 21.5 Å². The van der Waals surface area contributed by atoms with Gasteiger partial charge in [0.05, 0.1) is 14.2 Å². The van der Waals surface area contributed by atoms with Gasteiger partial charge in [-0.1, -0.05) is 23.4 Å². The molecule has 0 saturated heterocycles. The first-order valence-electron chi connectivity index (χ1n) is 9.52. The minimum atomic E-state index is -3.66. The largest absolute Gasteiger partial charge is 0.353 e. The maximum Gasteiger partial charge on any atom is 0.315 e. The third kappa shape index (κ3) is 5.91. The Morgan fingerprint density at radius 2 is 1.81 bits per heavy atom. The predicted octanol–water partition coefficient (Wildman–Crippen LogP) is 1.01. The number of amides is 2. The van der Waals surface area contributed by atoms with Crippen LogP contribution in [0.5, 0.6) is 0 Å². The third-order valence-electron chi connectivity index (χ3n) is 4.40. The summed E-state index contributed by atoms with van der Waals surface area (Å²) in [5.41, 5.74) is 1.77. The van der Waals surface area contributed by atoms with Crippen molar-refractivity contribution in [1.29, 1.82) is 0 Å². The van der Waals surface area contributed by atoms with E-state index in [1.807, 2.05) is 13.8 Å². The second-order valence-corrected chi connectivity index (χ2v) is 9.90. The number of sulfone groups is 1. The van der Waals surface area contributed by atoms with Crippen molar-refractivity contribution in [2.75, 3.05) is 13.1 Å². The van der Waals surface area contributed by atoms with Crippen molar-refractivity contribution in [3.63, 3.8) is 0 Å². The van der Waals surface area contributed by atoms with Crippen molar-refractivity contribution < 1.29 is 22.5 Å². The molecule has 1 aromatic carbocycles. The minimum Gasteiger partial charge on any atom is -0.353 e. The van der Waals surface area contributed by atoms with Crippen LogP contribution in [0.2, 0.25) is 0 Å². The summed E-state index contributed by atoms with van der Waals surface area (Å²) in [6, 6.07) is 7.86. The molecule has 13 heteroatoms. The lowest BCUT2D eigenvalue weighted by atomic mass is 10.4. The molecule has 2 heterocycles. The number of carbonyl (C=O) groups excluding carboxylic acids is 2. The van der Waals surface area contributed by atoms with E-state index in [1.54, 1.807) is 22.9 Å². The van der Waals surface area contributed by atoms with Gasteiger partial charge >= 0.3 is 11.8 Å². The van der Waals surface area contributed by atoms with Gasteiger partial charge in [0, 0.05) is 18.8 Å². The van der Waals surface area contributed by atoms with Gasteiger partial charge in [-0.25, -0.2) is 8.42 Å². The van der Waals surface area contributed by atoms with Crippen LogP contribution in [0.3, 0.4) is 0 Å². The molecule has 0 aliphatic rings. The van der Waals surface area contributed by atoms with Crippen molar-refractivity contribution >= 4 is 44.2 Å². The first kappa shape index (κ1) is 23.8. The number of hydrogen-bond acceptors (Lipinski definition) is 8. The van der Waals surface area contributed by atoms with Gasteiger partial charge in [-0.05, 0) is 48.6 Å². The van der Waals surface area contributed by atoms with Crippen molar-refractivity contribution in [2.24, 2.45) is 0 Å². The standard InChI is InChI=1S/C19H21IN6O5S/c1-12-17(20)13(2)26(24-12)10-16(27)21-8-9-22-18(28)19-23-15(25-31-19)11-32(29,30)14-6-4-3-5-7-14/h3-7H,8-11H2,1-2H3,(H,21,27)(H,22,28). The Morgan fingerprint density at radius 3 is 2.47 bits per heavy atom. The lowest BCUT2D eigenvalue weighted by Gasteiger charge is -2.07. The van der Waals surface area contributed by atoms with Crippen LogP contribution < -0.4 is 10.6 Å².